The first-order valence-electron chi connectivity index (χ1n) is 7.09. The molecule has 1 aliphatic carbocycles. The van der Waals surface area contributed by atoms with E-state index in [1.807, 2.05) is 18.2 Å². The van der Waals surface area contributed by atoms with E-state index in [1.54, 1.807) is 6.08 Å². The van der Waals surface area contributed by atoms with Gasteiger partial charge in [0.2, 0.25) is 5.92 Å². The molecule has 0 aromatic heterocycles. The molecule has 1 fully saturated rings. The third kappa shape index (κ3) is 3.76. The molecule has 1 aromatic carbocycles. The summed E-state index contributed by atoms with van der Waals surface area (Å²) in [4.78, 5) is 0. The summed E-state index contributed by atoms with van der Waals surface area (Å²) in [5.41, 5.74) is 1.02. The van der Waals surface area contributed by atoms with Crippen LogP contribution in [0.15, 0.2) is 42.1 Å². The van der Waals surface area contributed by atoms with Gasteiger partial charge in [-0.25, -0.2) is 8.78 Å². The van der Waals surface area contributed by atoms with Crippen molar-refractivity contribution in [3.8, 4) is 0 Å². The highest BCUT2D eigenvalue weighted by Gasteiger charge is 2.41. The fraction of sp³-hybridized carbons (Fsp3) is 0.500. The molecule has 0 unspecified atom stereocenters. The van der Waals surface area contributed by atoms with E-state index in [4.69, 9.17) is 0 Å². The SMILES string of the molecule is C[Si](C)(/C=C/C1(O)CCC(F)(F)CC1)c1ccccc1. The van der Waals surface area contributed by atoms with Crippen molar-refractivity contribution in [2.24, 2.45) is 0 Å². The molecule has 1 nitrogen and oxygen atoms in total. The largest absolute Gasteiger partial charge is 0.386 e. The van der Waals surface area contributed by atoms with Crippen molar-refractivity contribution in [1.29, 1.82) is 0 Å². The van der Waals surface area contributed by atoms with E-state index in [9.17, 15) is 13.9 Å². The molecule has 0 atom stereocenters. The maximum atomic E-state index is 13.2. The molecule has 1 aliphatic rings. The fourth-order valence-electron chi connectivity index (χ4n) is 2.54. The minimum absolute atomic E-state index is 0.149. The van der Waals surface area contributed by atoms with Crippen molar-refractivity contribution in [2.45, 2.75) is 50.3 Å². The topological polar surface area (TPSA) is 20.2 Å². The second kappa shape index (κ2) is 5.41. The van der Waals surface area contributed by atoms with Crippen LogP contribution in [0.2, 0.25) is 13.1 Å². The average molecular weight is 296 g/mol. The van der Waals surface area contributed by atoms with E-state index in [0.29, 0.717) is 0 Å². The summed E-state index contributed by atoms with van der Waals surface area (Å²) in [6, 6.07) is 10.2. The van der Waals surface area contributed by atoms with Crippen LogP contribution in [0, 0.1) is 0 Å². The van der Waals surface area contributed by atoms with Crippen molar-refractivity contribution in [3.05, 3.63) is 42.1 Å². The molecule has 1 saturated carbocycles. The molecule has 4 heteroatoms. The molecule has 2 rings (SSSR count). The number of hydrogen-bond acceptors (Lipinski definition) is 1. The standard InChI is InChI=1S/C16H22F2OSi/c1-20(2,14-6-4-3-5-7-14)13-12-15(19)8-10-16(17,18)11-9-15/h3-7,12-13,19H,8-11H2,1-2H3/b13-12+. The summed E-state index contributed by atoms with van der Waals surface area (Å²) in [7, 11) is -1.77. The van der Waals surface area contributed by atoms with Crippen LogP contribution in [0.4, 0.5) is 8.78 Å². The van der Waals surface area contributed by atoms with Crippen LogP contribution in [0.3, 0.4) is 0 Å². The Labute approximate surface area is 120 Å². The number of alkyl halides is 2. The second-order valence-corrected chi connectivity index (χ2v) is 10.7. The van der Waals surface area contributed by atoms with Gasteiger partial charge in [-0.05, 0) is 12.8 Å². The van der Waals surface area contributed by atoms with Gasteiger partial charge >= 0.3 is 0 Å². The minimum atomic E-state index is -2.60. The zero-order chi connectivity index (χ0) is 14.9. The van der Waals surface area contributed by atoms with Gasteiger partial charge in [-0.3, -0.25) is 0 Å². The van der Waals surface area contributed by atoms with Crippen LogP contribution in [0.1, 0.15) is 25.7 Å². The molecule has 0 radical (unpaired) electrons. The van der Waals surface area contributed by atoms with Gasteiger partial charge < -0.3 is 5.11 Å². The third-order valence-corrected chi connectivity index (χ3v) is 7.00. The lowest BCUT2D eigenvalue weighted by Crippen LogP contribution is -2.42. The number of halogens is 2. The van der Waals surface area contributed by atoms with Crippen molar-refractivity contribution < 1.29 is 13.9 Å². The van der Waals surface area contributed by atoms with E-state index in [0.717, 1.165) is 0 Å². The molecule has 1 N–H and O–H groups in total. The summed E-state index contributed by atoms with van der Waals surface area (Å²) in [5.74, 6) is -2.60. The Balaban J connectivity index is 2.09. The summed E-state index contributed by atoms with van der Waals surface area (Å²) in [6.07, 6.45) is 1.63. The number of rotatable bonds is 3. The molecule has 0 saturated heterocycles. The van der Waals surface area contributed by atoms with Gasteiger partial charge in [0.15, 0.2) is 0 Å². The lowest BCUT2D eigenvalue weighted by Gasteiger charge is -2.34. The lowest BCUT2D eigenvalue weighted by molar-refractivity contribution is -0.0854. The van der Waals surface area contributed by atoms with Crippen LogP contribution < -0.4 is 5.19 Å². The van der Waals surface area contributed by atoms with Crippen molar-refractivity contribution in [1.82, 2.24) is 0 Å². The summed E-state index contributed by atoms with van der Waals surface area (Å²) in [6.45, 7) is 4.39. The van der Waals surface area contributed by atoms with Crippen LogP contribution in [0.5, 0.6) is 0 Å². The summed E-state index contributed by atoms with van der Waals surface area (Å²) in [5, 5.41) is 11.7. The molecule has 0 aliphatic heterocycles. The number of aliphatic hydroxyl groups is 1. The zero-order valence-electron chi connectivity index (χ0n) is 12.1. The molecular weight excluding hydrogens is 274 g/mol. The maximum absolute atomic E-state index is 13.2. The second-order valence-electron chi connectivity index (χ2n) is 6.38. The zero-order valence-corrected chi connectivity index (χ0v) is 13.1. The van der Waals surface area contributed by atoms with Gasteiger partial charge in [-0.2, -0.15) is 0 Å². The number of benzene rings is 1. The van der Waals surface area contributed by atoms with Gasteiger partial charge in [-0.15, -0.1) is 0 Å². The van der Waals surface area contributed by atoms with Crippen LogP contribution >= 0.6 is 0 Å². The first-order chi connectivity index (χ1) is 9.23. The highest BCUT2D eigenvalue weighted by atomic mass is 28.3. The van der Waals surface area contributed by atoms with Crippen LogP contribution in [-0.2, 0) is 0 Å². The van der Waals surface area contributed by atoms with E-state index in [-0.39, 0.29) is 25.7 Å². The van der Waals surface area contributed by atoms with Crippen LogP contribution in [0.25, 0.3) is 0 Å². The molecular formula is C16H22F2OSi. The fourth-order valence-corrected chi connectivity index (χ4v) is 4.51. The monoisotopic (exact) mass is 296 g/mol. The van der Waals surface area contributed by atoms with Crippen molar-refractivity contribution >= 4 is 13.3 Å². The molecule has 1 aromatic rings. The Hall–Kier alpha value is -1.00. The highest BCUT2D eigenvalue weighted by Crippen LogP contribution is 2.39. The van der Waals surface area contributed by atoms with E-state index in [1.165, 1.54) is 5.19 Å². The lowest BCUT2D eigenvalue weighted by atomic mass is 9.83. The number of hydrogen-bond donors (Lipinski definition) is 1. The summed E-state index contributed by atoms with van der Waals surface area (Å²) >= 11 is 0. The first kappa shape index (κ1) is 15.4. The Morgan fingerprint density at radius 2 is 1.60 bits per heavy atom. The normalized spacial score (nSPS) is 22.1. The van der Waals surface area contributed by atoms with Crippen LogP contribution in [-0.4, -0.2) is 24.7 Å². The molecule has 0 amide bonds. The molecule has 0 heterocycles. The molecule has 0 bridgehead atoms. The third-order valence-electron chi connectivity index (χ3n) is 4.18. The maximum Gasteiger partial charge on any atom is 0.248 e. The Morgan fingerprint density at radius 3 is 2.15 bits per heavy atom. The molecule has 0 spiro atoms. The Morgan fingerprint density at radius 1 is 1.05 bits per heavy atom. The summed E-state index contributed by atoms with van der Waals surface area (Å²) < 4.78 is 26.3. The minimum Gasteiger partial charge on any atom is -0.386 e. The predicted octanol–water partition coefficient (Wildman–Crippen LogP) is 3.64. The Bertz CT molecular complexity index is 473. The Kier molecular flexibility index (Phi) is 4.16. The van der Waals surface area contributed by atoms with Gasteiger partial charge in [-0.1, -0.05) is 60.4 Å². The van der Waals surface area contributed by atoms with Gasteiger partial charge in [0.1, 0.15) is 8.07 Å². The van der Waals surface area contributed by atoms with E-state index in [2.05, 4.69) is 30.9 Å². The van der Waals surface area contributed by atoms with Gasteiger partial charge in [0.25, 0.3) is 0 Å². The van der Waals surface area contributed by atoms with Gasteiger partial charge in [0, 0.05) is 12.8 Å². The average Bonchev–Trinajstić information content (AvgIpc) is 2.42. The molecule has 110 valence electrons. The highest BCUT2D eigenvalue weighted by molar-refractivity contribution is 6.93. The van der Waals surface area contributed by atoms with E-state index >= 15 is 0 Å². The first-order valence-corrected chi connectivity index (χ1v) is 10.2. The van der Waals surface area contributed by atoms with Gasteiger partial charge in [0.05, 0.1) is 5.60 Å². The van der Waals surface area contributed by atoms with Crippen molar-refractivity contribution in [2.75, 3.05) is 0 Å². The van der Waals surface area contributed by atoms with Crippen molar-refractivity contribution in [3.63, 3.8) is 0 Å². The smallest absolute Gasteiger partial charge is 0.248 e. The quantitative estimate of drug-likeness (QED) is 0.844. The van der Waals surface area contributed by atoms with E-state index < -0.39 is 19.6 Å². The molecule has 20 heavy (non-hydrogen) atoms. The predicted molar refractivity (Wildman–Crippen MR) is 81.1 cm³/mol.